The lowest BCUT2D eigenvalue weighted by atomic mass is 9.39. The Bertz CT molecular complexity index is 2080. The minimum atomic E-state index is -0.901. The first-order valence-corrected chi connectivity index (χ1v) is 18.3. The van der Waals surface area contributed by atoms with Gasteiger partial charge < -0.3 is 33.2 Å². The molecule has 1 spiro atoms. The molecule has 52 heavy (non-hydrogen) atoms. The molecule has 272 valence electrons. The largest absolute Gasteiger partial charge is 0.504 e. The zero-order chi connectivity index (χ0) is 36.6. The van der Waals surface area contributed by atoms with Gasteiger partial charge in [-0.3, -0.25) is 9.59 Å². The van der Waals surface area contributed by atoms with Crippen molar-refractivity contribution >= 4 is 11.6 Å². The SMILES string of the molecule is CC1(C)C(=O)C=CC2(C)C1=C(O)C(=O)C1(C)C2CCC2(C)C(c3ccoc3)CC3OC321.COc1ccc2c(c1)OC1c3ccc(OC)cc3OCC21. The van der Waals surface area contributed by atoms with Crippen molar-refractivity contribution in [1.82, 2.24) is 0 Å². The van der Waals surface area contributed by atoms with Crippen LogP contribution in [0.4, 0.5) is 0 Å². The van der Waals surface area contributed by atoms with Crippen molar-refractivity contribution in [2.24, 2.45) is 27.6 Å². The van der Waals surface area contributed by atoms with E-state index in [-0.39, 0.29) is 52.7 Å². The lowest BCUT2D eigenvalue weighted by Crippen LogP contribution is -2.66. The molecule has 1 aromatic heterocycles. The number of aliphatic hydroxyl groups excluding tert-OH is 1. The van der Waals surface area contributed by atoms with E-state index in [4.69, 9.17) is 28.1 Å². The highest BCUT2D eigenvalue weighted by Crippen LogP contribution is 2.81. The van der Waals surface area contributed by atoms with Crippen LogP contribution in [-0.2, 0) is 14.3 Å². The van der Waals surface area contributed by atoms with Crippen LogP contribution in [0.3, 0.4) is 0 Å². The Hall–Kier alpha value is -4.50. The van der Waals surface area contributed by atoms with E-state index in [1.807, 2.05) is 69.5 Å². The molecular formula is C43H46O9. The summed E-state index contributed by atoms with van der Waals surface area (Å²) < 4.78 is 34.4. The summed E-state index contributed by atoms with van der Waals surface area (Å²) in [6, 6.07) is 13.9. The van der Waals surface area contributed by atoms with Gasteiger partial charge >= 0.3 is 0 Å². The molecule has 9 nitrogen and oxygen atoms in total. The fourth-order valence-electron chi connectivity index (χ4n) is 11.9. The number of ether oxygens (including phenoxy) is 5. The molecule has 2 saturated carbocycles. The molecule has 2 aromatic carbocycles. The molecule has 9 atom stereocenters. The molecule has 3 aromatic rings. The van der Waals surface area contributed by atoms with Gasteiger partial charge in [0.25, 0.3) is 0 Å². The summed E-state index contributed by atoms with van der Waals surface area (Å²) in [7, 11) is 3.32. The first-order chi connectivity index (χ1) is 24.8. The van der Waals surface area contributed by atoms with Gasteiger partial charge in [0.05, 0.1) is 56.2 Å². The van der Waals surface area contributed by atoms with Crippen LogP contribution < -0.4 is 18.9 Å². The second kappa shape index (κ2) is 10.8. The summed E-state index contributed by atoms with van der Waals surface area (Å²) in [4.78, 5) is 26.7. The summed E-state index contributed by atoms with van der Waals surface area (Å²) in [6.07, 6.45) is 9.76. The number of furan rings is 1. The average molecular weight is 707 g/mol. The average Bonchev–Trinajstić information content (AvgIpc) is 3.40. The van der Waals surface area contributed by atoms with Gasteiger partial charge in [0.2, 0.25) is 5.78 Å². The summed E-state index contributed by atoms with van der Waals surface area (Å²) >= 11 is 0. The molecular weight excluding hydrogens is 660 g/mol. The quantitative estimate of drug-likeness (QED) is 0.269. The lowest BCUT2D eigenvalue weighted by molar-refractivity contribution is -0.162. The number of aliphatic hydroxyl groups is 1. The van der Waals surface area contributed by atoms with Gasteiger partial charge in [-0.05, 0) is 93.3 Å². The highest BCUT2D eigenvalue weighted by molar-refractivity contribution is 6.06. The second-order valence-corrected chi connectivity index (χ2v) is 16.8. The first-order valence-electron chi connectivity index (χ1n) is 18.3. The molecule has 4 aliphatic carbocycles. The molecule has 0 radical (unpaired) electrons. The van der Waals surface area contributed by atoms with E-state index in [1.54, 1.807) is 26.6 Å². The number of ketones is 2. The van der Waals surface area contributed by atoms with Gasteiger partial charge in [-0.1, -0.05) is 26.0 Å². The van der Waals surface area contributed by atoms with Gasteiger partial charge in [-0.2, -0.15) is 0 Å². The smallest absolute Gasteiger partial charge is 0.206 e. The van der Waals surface area contributed by atoms with Crippen LogP contribution in [0.15, 0.2) is 82.9 Å². The minimum Gasteiger partial charge on any atom is -0.504 e. The first kappa shape index (κ1) is 33.3. The van der Waals surface area contributed by atoms with E-state index in [2.05, 4.69) is 19.9 Å². The Balaban J connectivity index is 0.000000149. The van der Waals surface area contributed by atoms with Crippen molar-refractivity contribution in [3.63, 3.8) is 0 Å². The van der Waals surface area contributed by atoms with Crippen LogP contribution in [-0.4, -0.2) is 49.2 Å². The zero-order valence-electron chi connectivity index (χ0n) is 30.8. The van der Waals surface area contributed by atoms with E-state index >= 15 is 0 Å². The minimum absolute atomic E-state index is 0.00163. The zero-order valence-corrected chi connectivity index (χ0v) is 30.8. The number of Topliss-reactive ketones (excluding diaryl/α,β-unsaturated/α-hetero) is 1. The number of rotatable bonds is 3. The highest BCUT2D eigenvalue weighted by atomic mass is 16.6. The van der Waals surface area contributed by atoms with E-state index in [1.165, 1.54) is 11.1 Å². The molecule has 1 saturated heterocycles. The Morgan fingerprint density at radius 1 is 0.904 bits per heavy atom. The summed E-state index contributed by atoms with van der Waals surface area (Å²) in [5.74, 6) is 3.25. The predicted octanol–water partition coefficient (Wildman–Crippen LogP) is 8.21. The molecule has 9 heteroatoms. The fourth-order valence-corrected chi connectivity index (χ4v) is 11.9. The van der Waals surface area contributed by atoms with E-state index in [9.17, 15) is 14.7 Å². The molecule has 7 aliphatic rings. The standard InChI is InChI=1S/C26H30O5.C17H16O4/c1-22(2)17(27)7-9-23(3)16-6-10-24(4)15(14-8-11-30-13-14)12-18-26(24,31-18)25(16,5)21(29)19(28)20(22)23;1-18-10-4-6-13-15(7-10)20-9-14-12-5-3-11(19-2)8-16(12)21-17(13)14/h7-9,11,13,15-16,18,28H,6,10,12H2,1-5H3;3-8,14,17H,9H2,1-2H3. The molecule has 10 rings (SSSR count). The Morgan fingerprint density at radius 2 is 1.62 bits per heavy atom. The maximum absolute atomic E-state index is 14.0. The predicted molar refractivity (Wildman–Crippen MR) is 191 cm³/mol. The fraction of sp³-hybridized carbons (Fsp3) is 0.488. The van der Waals surface area contributed by atoms with Gasteiger partial charge in [-0.25, -0.2) is 0 Å². The van der Waals surface area contributed by atoms with E-state index in [0.29, 0.717) is 12.2 Å². The second-order valence-electron chi connectivity index (χ2n) is 16.8. The summed E-state index contributed by atoms with van der Waals surface area (Å²) in [6.45, 7) is 10.6. The van der Waals surface area contributed by atoms with Crippen molar-refractivity contribution in [2.75, 3.05) is 20.8 Å². The highest BCUT2D eigenvalue weighted by Gasteiger charge is 2.87. The number of methoxy groups -OCH3 is 2. The lowest BCUT2D eigenvalue weighted by Gasteiger charge is -2.62. The number of epoxide rings is 1. The normalized spacial score (nSPS) is 38.1. The van der Waals surface area contributed by atoms with Gasteiger partial charge in [0.15, 0.2) is 11.5 Å². The number of benzene rings is 2. The van der Waals surface area contributed by atoms with E-state index < -0.39 is 21.8 Å². The molecule has 1 N–H and O–H groups in total. The van der Waals surface area contributed by atoms with Gasteiger partial charge in [-0.15, -0.1) is 0 Å². The third kappa shape index (κ3) is 3.98. The van der Waals surface area contributed by atoms with Crippen molar-refractivity contribution in [3.05, 3.63) is 95.2 Å². The van der Waals surface area contributed by atoms with Crippen LogP contribution in [0.25, 0.3) is 0 Å². The van der Waals surface area contributed by atoms with Crippen LogP contribution in [0.5, 0.6) is 23.0 Å². The molecule has 3 aliphatic heterocycles. The maximum atomic E-state index is 14.0. The summed E-state index contributed by atoms with van der Waals surface area (Å²) in [5.41, 5.74) is 0.855. The van der Waals surface area contributed by atoms with Crippen molar-refractivity contribution < 1.29 is 42.8 Å². The number of carbonyl (C=O) groups is 2. The van der Waals surface area contributed by atoms with Crippen molar-refractivity contribution in [1.29, 1.82) is 0 Å². The third-order valence-electron chi connectivity index (χ3n) is 14.4. The maximum Gasteiger partial charge on any atom is 0.206 e. The molecule has 4 heterocycles. The Labute approximate surface area is 303 Å². The number of hydrogen-bond donors (Lipinski definition) is 1. The van der Waals surface area contributed by atoms with E-state index in [0.717, 1.165) is 47.8 Å². The number of fused-ring (bicyclic) bond motifs is 8. The van der Waals surface area contributed by atoms with Gasteiger partial charge in [0.1, 0.15) is 34.7 Å². The number of carbonyl (C=O) groups excluding carboxylic acids is 2. The van der Waals surface area contributed by atoms with Crippen LogP contribution in [0, 0.1) is 27.6 Å². The van der Waals surface area contributed by atoms with Crippen molar-refractivity contribution in [3.8, 4) is 23.0 Å². The van der Waals surface area contributed by atoms with Crippen LogP contribution >= 0.6 is 0 Å². The van der Waals surface area contributed by atoms with Gasteiger partial charge in [0, 0.05) is 34.1 Å². The third-order valence-corrected chi connectivity index (χ3v) is 14.4. The summed E-state index contributed by atoms with van der Waals surface area (Å²) in [5, 5.41) is 11.4. The number of allylic oxidation sites excluding steroid dienone is 4. The monoisotopic (exact) mass is 706 g/mol. The molecule has 9 unspecified atom stereocenters. The van der Waals surface area contributed by atoms with Crippen molar-refractivity contribution in [2.45, 2.75) is 83.5 Å². The number of hydrogen-bond acceptors (Lipinski definition) is 9. The molecule has 0 amide bonds. The van der Waals surface area contributed by atoms with Crippen LogP contribution in [0.2, 0.25) is 0 Å². The Kier molecular flexibility index (Phi) is 6.91. The molecule has 3 fully saturated rings. The molecule has 0 bridgehead atoms. The Morgan fingerprint density at radius 3 is 2.31 bits per heavy atom. The topological polar surface area (TPSA) is 117 Å². The van der Waals surface area contributed by atoms with Crippen LogP contribution in [0.1, 0.15) is 88.5 Å².